The average Bonchev–Trinajstić information content (AvgIpc) is 3.35. The van der Waals surface area contributed by atoms with Crippen molar-refractivity contribution in [2.75, 3.05) is 11.9 Å². The summed E-state index contributed by atoms with van der Waals surface area (Å²) in [5.74, 6) is 0.567. The number of thiazole rings is 1. The maximum absolute atomic E-state index is 12.4. The van der Waals surface area contributed by atoms with Crippen LogP contribution in [0.4, 0.5) is 5.13 Å². The predicted molar refractivity (Wildman–Crippen MR) is 120 cm³/mol. The normalized spacial score (nSPS) is 10.9. The van der Waals surface area contributed by atoms with Crippen molar-refractivity contribution in [1.29, 1.82) is 0 Å². The fraction of sp³-hybridized carbons (Fsp3) is 0.217. The first-order chi connectivity index (χ1) is 15.0. The van der Waals surface area contributed by atoms with Gasteiger partial charge in [0, 0.05) is 5.56 Å². The quantitative estimate of drug-likeness (QED) is 0.443. The number of rotatable bonds is 7. The van der Waals surface area contributed by atoms with E-state index >= 15 is 0 Å². The number of aromatic nitrogens is 3. The number of aryl methyl sites for hydroxylation is 3. The molecule has 0 unspecified atom stereocenters. The lowest BCUT2D eigenvalue weighted by Gasteiger charge is -2.04. The van der Waals surface area contributed by atoms with Crippen molar-refractivity contribution in [3.05, 3.63) is 71.4 Å². The number of hydrogen-bond donors (Lipinski definition) is 1. The number of carbonyl (C=O) groups excluding carboxylic acids is 1. The molecule has 1 amide bonds. The number of benzene rings is 2. The molecule has 0 saturated carbocycles. The van der Waals surface area contributed by atoms with Crippen molar-refractivity contribution >= 4 is 22.4 Å². The van der Waals surface area contributed by atoms with Crippen LogP contribution in [0.25, 0.3) is 21.7 Å². The van der Waals surface area contributed by atoms with E-state index in [-0.39, 0.29) is 19.1 Å². The molecule has 0 fully saturated rings. The van der Waals surface area contributed by atoms with Gasteiger partial charge in [0.2, 0.25) is 0 Å². The Kier molecular flexibility index (Phi) is 6.20. The Bertz CT molecular complexity index is 1120. The molecule has 0 aliphatic rings. The smallest absolute Gasteiger partial charge is 0.252 e. The highest BCUT2D eigenvalue weighted by Crippen LogP contribution is 2.39. The monoisotopic (exact) mass is 434 g/mol. The Morgan fingerprint density at radius 3 is 2.23 bits per heavy atom. The summed E-state index contributed by atoms with van der Waals surface area (Å²) in [6, 6.07) is 16.5. The molecule has 0 atom stereocenters. The van der Waals surface area contributed by atoms with Crippen molar-refractivity contribution in [1.82, 2.24) is 15.1 Å². The van der Waals surface area contributed by atoms with Crippen LogP contribution in [0.5, 0.6) is 0 Å². The molecule has 0 aliphatic carbocycles. The van der Waals surface area contributed by atoms with E-state index < -0.39 is 0 Å². The third kappa shape index (κ3) is 5.22. The summed E-state index contributed by atoms with van der Waals surface area (Å²) in [5.41, 5.74) is 5.26. The average molecular weight is 435 g/mol. The van der Waals surface area contributed by atoms with E-state index in [1.54, 1.807) is 6.92 Å². The van der Waals surface area contributed by atoms with Gasteiger partial charge in [-0.15, -0.1) is 0 Å². The predicted octanol–water partition coefficient (Wildman–Crippen LogP) is 4.94. The van der Waals surface area contributed by atoms with Gasteiger partial charge in [-0.3, -0.25) is 10.1 Å². The van der Waals surface area contributed by atoms with Gasteiger partial charge in [-0.1, -0.05) is 76.2 Å². The number of ether oxygens (including phenoxy) is 1. The summed E-state index contributed by atoms with van der Waals surface area (Å²) in [7, 11) is 0. The molecule has 0 aliphatic heterocycles. The molecular weight excluding hydrogens is 412 g/mol. The second-order valence-electron chi connectivity index (χ2n) is 7.21. The maximum atomic E-state index is 12.4. The fourth-order valence-corrected chi connectivity index (χ4v) is 3.98. The van der Waals surface area contributed by atoms with Crippen molar-refractivity contribution in [2.45, 2.75) is 27.4 Å². The molecule has 8 heteroatoms. The zero-order chi connectivity index (χ0) is 21.8. The minimum absolute atomic E-state index is 0.0787. The molecule has 158 valence electrons. The molecule has 4 rings (SSSR count). The van der Waals surface area contributed by atoms with Crippen molar-refractivity contribution in [3.63, 3.8) is 0 Å². The van der Waals surface area contributed by atoms with Gasteiger partial charge in [0.1, 0.15) is 13.2 Å². The molecule has 0 saturated heterocycles. The third-order valence-electron chi connectivity index (χ3n) is 4.54. The fourth-order valence-electron chi connectivity index (χ4n) is 2.97. The first-order valence-corrected chi connectivity index (χ1v) is 10.6. The Morgan fingerprint density at radius 1 is 0.968 bits per heavy atom. The highest BCUT2D eigenvalue weighted by atomic mass is 32.1. The number of nitrogens with zero attached hydrogens (tertiary/aromatic N) is 3. The van der Waals surface area contributed by atoms with E-state index in [0.717, 1.165) is 21.7 Å². The summed E-state index contributed by atoms with van der Waals surface area (Å²) >= 11 is 1.44. The molecule has 0 radical (unpaired) electrons. The number of nitrogens with one attached hydrogen (secondary N) is 1. The summed E-state index contributed by atoms with van der Waals surface area (Å²) < 4.78 is 10.3. The van der Waals surface area contributed by atoms with E-state index in [2.05, 4.69) is 58.8 Å². The van der Waals surface area contributed by atoms with Crippen LogP contribution in [0, 0.1) is 20.8 Å². The van der Waals surface area contributed by atoms with Gasteiger partial charge in [0.15, 0.2) is 11.0 Å². The first kappa shape index (κ1) is 20.9. The number of hydrogen-bond acceptors (Lipinski definition) is 7. The first-order valence-electron chi connectivity index (χ1n) is 9.79. The molecule has 2 aromatic carbocycles. The van der Waals surface area contributed by atoms with E-state index in [9.17, 15) is 4.79 Å². The number of carbonyl (C=O) groups is 1. The second kappa shape index (κ2) is 9.20. The van der Waals surface area contributed by atoms with Gasteiger partial charge in [0.05, 0.1) is 10.6 Å². The van der Waals surface area contributed by atoms with Gasteiger partial charge in [0.25, 0.3) is 11.8 Å². The number of amides is 1. The summed E-state index contributed by atoms with van der Waals surface area (Å²) in [6.07, 6.45) is 0. The van der Waals surface area contributed by atoms with E-state index in [4.69, 9.17) is 14.2 Å². The standard InChI is InChI=1S/C23H22N4O3S/c1-14-4-8-17(9-5-14)21-22(18-10-6-15(2)7-11-18)31-23(26-21)25-19(28)12-29-13-20-24-16(3)27-30-20/h4-11H,12-13H2,1-3H3,(H,25,26,28). The molecule has 1 N–H and O–H groups in total. The van der Waals surface area contributed by atoms with E-state index in [1.807, 2.05) is 19.1 Å². The Labute approximate surface area is 184 Å². The molecular formula is C23H22N4O3S. The molecule has 0 bridgehead atoms. The van der Waals surface area contributed by atoms with Gasteiger partial charge >= 0.3 is 0 Å². The van der Waals surface area contributed by atoms with Crippen molar-refractivity contribution < 1.29 is 14.1 Å². The van der Waals surface area contributed by atoms with Crippen LogP contribution in [-0.4, -0.2) is 27.6 Å². The number of anilines is 1. The zero-order valence-corrected chi connectivity index (χ0v) is 18.3. The Hall–Kier alpha value is -3.36. The topological polar surface area (TPSA) is 90.1 Å². The summed E-state index contributed by atoms with van der Waals surface area (Å²) in [5, 5.41) is 7.04. The molecule has 4 aromatic rings. The Morgan fingerprint density at radius 2 is 1.61 bits per heavy atom. The van der Waals surface area contributed by atoms with Gasteiger partial charge in [-0.25, -0.2) is 4.98 Å². The zero-order valence-electron chi connectivity index (χ0n) is 17.5. The highest BCUT2D eigenvalue weighted by Gasteiger charge is 2.17. The van der Waals surface area contributed by atoms with Gasteiger partial charge in [-0.2, -0.15) is 4.98 Å². The second-order valence-corrected chi connectivity index (χ2v) is 8.20. The van der Waals surface area contributed by atoms with Gasteiger partial charge < -0.3 is 9.26 Å². The SMILES string of the molecule is Cc1ccc(-c2nc(NC(=O)COCc3nc(C)no3)sc2-c2ccc(C)cc2)cc1. The van der Waals surface area contributed by atoms with Crippen LogP contribution in [0.15, 0.2) is 53.1 Å². The minimum atomic E-state index is -0.295. The third-order valence-corrected chi connectivity index (χ3v) is 5.56. The summed E-state index contributed by atoms with van der Waals surface area (Å²) in [6.45, 7) is 5.77. The molecule has 7 nitrogen and oxygen atoms in total. The lowest BCUT2D eigenvalue weighted by molar-refractivity contribution is -0.121. The van der Waals surface area contributed by atoms with Crippen molar-refractivity contribution in [3.8, 4) is 21.7 Å². The largest absolute Gasteiger partial charge is 0.362 e. The van der Waals surface area contributed by atoms with Crippen LogP contribution < -0.4 is 5.32 Å². The van der Waals surface area contributed by atoms with Crippen LogP contribution in [-0.2, 0) is 16.1 Å². The van der Waals surface area contributed by atoms with Crippen LogP contribution in [0.3, 0.4) is 0 Å². The Balaban J connectivity index is 1.52. The molecule has 2 heterocycles. The van der Waals surface area contributed by atoms with Gasteiger partial charge in [-0.05, 0) is 26.3 Å². The van der Waals surface area contributed by atoms with E-state index in [0.29, 0.717) is 16.8 Å². The maximum Gasteiger partial charge on any atom is 0.252 e. The van der Waals surface area contributed by atoms with Crippen LogP contribution in [0.2, 0.25) is 0 Å². The van der Waals surface area contributed by atoms with E-state index in [1.165, 1.54) is 22.5 Å². The van der Waals surface area contributed by atoms with Crippen LogP contribution >= 0.6 is 11.3 Å². The lowest BCUT2D eigenvalue weighted by atomic mass is 10.0. The molecule has 2 aromatic heterocycles. The highest BCUT2D eigenvalue weighted by molar-refractivity contribution is 7.19. The summed E-state index contributed by atoms with van der Waals surface area (Å²) in [4.78, 5) is 22.1. The molecule has 0 spiro atoms. The van der Waals surface area contributed by atoms with Crippen molar-refractivity contribution in [2.24, 2.45) is 0 Å². The van der Waals surface area contributed by atoms with Crippen LogP contribution in [0.1, 0.15) is 22.8 Å². The molecule has 31 heavy (non-hydrogen) atoms. The lowest BCUT2D eigenvalue weighted by Crippen LogP contribution is -2.18. The minimum Gasteiger partial charge on any atom is -0.362 e.